The maximum atomic E-state index is 12.7. The van der Waals surface area contributed by atoms with E-state index in [1.54, 1.807) is 0 Å². The minimum atomic E-state index is 0.0666. The molecule has 2 aromatic heterocycles. The molecule has 0 aliphatic carbocycles. The number of hydrogen-bond acceptors (Lipinski definition) is 1. The number of halogens is 1. The maximum absolute atomic E-state index is 12.7. The van der Waals surface area contributed by atoms with Crippen LogP contribution in [0, 0.1) is 0 Å². The summed E-state index contributed by atoms with van der Waals surface area (Å²) < 4.78 is 2.11. The number of fused-ring (bicyclic) bond motifs is 1. The molecule has 5 heteroatoms. The van der Waals surface area contributed by atoms with Crippen LogP contribution >= 0.6 is 11.6 Å². The van der Waals surface area contributed by atoms with Crippen molar-refractivity contribution in [1.82, 2.24) is 14.9 Å². The van der Waals surface area contributed by atoms with Gasteiger partial charge in [-0.15, -0.1) is 0 Å². The molecule has 0 aliphatic rings. The molecule has 0 saturated heterocycles. The number of carbonyl (C=O) groups excluding carboxylic acids is 1. The van der Waals surface area contributed by atoms with E-state index in [4.69, 9.17) is 11.6 Å². The number of para-hydroxylation sites is 1. The summed E-state index contributed by atoms with van der Waals surface area (Å²) in [4.78, 5) is 15.9. The molecule has 0 spiro atoms. The van der Waals surface area contributed by atoms with Gasteiger partial charge in [0.2, 0.25) is 5.91 Å². The Hall–Kier alpha value is -2.98. The first-order valence-electron chi connectivity index (χ1n) is 9.87. The third kappa shape index (κ3) is 4.90. The van der Waals surface area contributed by atoms with Crippen LogP contribution in [-0.4, -0.2) is 22.0 Å². The number of carbonyl (C=O) groups is 1. The number of aromatic nitrogens is 2. The van der Waals surface area contributed by atoms with Crippen LogP contribution in [-0.2, 0) is 17.8 Å². The van der Waals surface area contributed by atoms with Gasteiger partial charge < -0.3 is 14.9 Å². The van der Waals surface area contributed by atoms with E-state index in [9.17, 15) is 4.79 Å². The topological polar surface area (TPSA) is 49.8 Å². The predicted molar refractivity (Wildman–Crippen MR) is 118 cm³/mol. The number of nitrogens with one attached hydrogen (secondary N) is 2. The zero-order valence-electron chi connectivity index (χ0n) is 16.1. The van der Waals surface area contributed by atoms with Gasteiger partial charge in [0.15, 0.2) is 0 Å². The largest absolute Gasteiger partial charge is 0.361 e. The zero-order valence-corrected chi connectivity index (χ0v) is 16.9. The normalized spacial score (nSPS) is 12.2. The molecule has 2 aromatic carbocycles. The molecule has 4 rings (SSSR count). The number of amides is 1. The fraction of sp³-hybridized carbons (Fsp3) is 0.208. The van der Waals surface area contributed by atoms with Crippen LogP contribution in [0.4, 0.5) is 0 Å². The molecular formula is C24H24ClN3O. The summed E-state index contributed by atoms with van der Waals surface area (Å²) in [6, 6.07) is 20.0. The molecule has 29 heavy (non-hydrogen) atoms. The van der Waals surface area contributed by atoms with Gasteiger partial charge in [-0.25, -0.2) is 0 Å². The molecular weight excluding hydrogens is 382 g/mol. The van der Waals surface area contributed by atoms with Gasteiger partial charge in [0.05, 0.1) is 0 Å². The van der Waals surface area contributed by atoms with Crippen molar-refractivity contribution in [2.45, 2.75) is 25.3 Å². The van der Waals surface area contributed by atoms with Crippen molar-refractivity contribution in [2.75, 3.05) is 6.54 Å². The number of nitrogens with zero attached hydrogens (tertiary/aromatic N) is 1. The van der Waals surface area contributed by atoms with Crippen molar-refractivity contribution < 1.29 is 4.79 Å². The van der Waals surface area contributed by atoms with Crippen LogP contribution in [0.5, 0.6) is 0 Å². The number of aromatic amines is 1. The maximum Gasteiger partial charge on any atom is 0.220 e. The average molecular weight is 406 g/mol. The highest BCUT2D eigenvalue weighted by atomic mass is 35.5. The molecule has 4 nitrogen and oxygen atoms in total. The van der Waals surface area contributed by atoms with E-state index in [1.165, 1.54) is 10.9 Å². The van der Waals surface area contributed by atoms with E-state index in [2.05, 4.69) is 27.0 Å². The van der Waals surface area contributed by atoms with Gasteiger partial charge in [0.1, 0.15) is 0 Å². The van der Waals surface area contributed by atoms with Crippen molar-refractivity contribution in [1.29, 1.82) is 0 Å². The van der Waals surface area contributed by atoms with Crippen LogP contribution in [0.15, 0.2) is 79.3 Å². The monoisotopic (exact) mass is 405 g/mol. The lowest BCUT2D eigenvalue weighted by Crippen LogP contribution is -2.28. The Balaban J connectivity index is 1.37. The Bertz CT molecular complexity index is 1070. The minimum Gasteiger partial charge on any atom is -0.361 e. The first-order chi connectivity index (χ1) is 14.2. The van der Waals surface area contributed by atoms with Gasteiger partial charge in [0, 0.05) is 59.9 Å². The minimum absolute atomic E-state index is 0.0666. The van der Waals surface area contributed by atoms with Crippen molar-refractivity contribution in [3.05, 3.63) is 95.4 Å². The fourth-order valence-corrected chi connectivity index (χ4v) is 3.87. The van der Waals surface area contributed by atoms with E-state index < -0.39 is 0 Å². The van der Waals surface area contributed by atoms with Crippen LogP contribution in [0.25, 0.3) is 10.9 Å². The van der Waals surface area contributed by atoms with E-state index in [0.29, 0.717) is 18.0 Å². The van der Waals surface area contributed by atoms with Gasteiger partial charge in [-0.3, -0.25) is 4.79 Å². The zero-order chi connectivity index (χ0) is 20.1. The van der Waals surface area contributed by atoms with Crippen molar-refractivity contribution in [2.24, 2.45) is 0 Å². The molecule has 0 aliphatic heterocycles. The summed E-state index contributed by atoms with van der Waals surface area (Å²) in [5.74, 6) is 0.157. The second-order valence-corrected chi connectivity index (χ2v) is 7.73. The fourth-order valence-electron chi connectivity index (χ4n) is 3.74. The molecule has 4 aromatic rings. The summed E-state index contributed by atoms with van der Waals surface area (Å²) in [6.07, 6.45) is 7.32. The van der Waals surface area contributed by atoms with Crippen LogP contribution in [0.1, 0.15) is 23.5 Å². The first-order valence-corrected chi connectivity index (χ1v) is 10.2. The second kappa shape index (κ2) is 9.01. The average Bonchev–Trinajstić information content (AvgIpc) is 3.38. The van der Waals surface area contributed by atoms with Crippen molar-refractivity contribution >= 4 is 28.4 Å². The summed E-state index contributed by atoms with van der Waals surface area (Å²) in [7, 11) is 0. The van der Waals surface area contributed by atoms with E-state index in [-0.39, 0.29) is 11.8 Å². The molecule has 0 unspecified atom stereocenters. The molecule has 148 valence electrons. The van der Waals surface area contributed by atoms with Crippen molar-refractivity contribution in [3.8, 4) is 0 Å². The molecule has 0 bridgehead atoms. The van der Waals surface area contributed by atoms with Crippen LogP contribution in [0.2, 0.25) is 5.02 Å². The highest BCUT2D eigenvalue weighted by Crippen LogP contribution is 2.24. The van der Waals surface area contributed by atoms with Gasteiger partial charge in [-0.05, 0) is 47.9 Å². The Morgan fingerprint density at radius 1 is 1.03 bits per heavy atom. The third-order valence-electron chi connectivity index (χ3n) is 5.26. The van der Waals surface area contributed by atoms with E-state index >= 15 is 0 Å². The molecule has 0 fully saturated rings. The standard InChI is InChI=1S/C24H24ClN3O/c25-21-9-7-18(8-10-21)20(17-28-13-3-4-14-28)15-24(29)26-12-11-19-16-27-23-6-2-1-5-22(19)23/h1-10,13-14,16,20,27H,11-12,15,17H2,(H,26,29)/t20-/m1/s1. The highest BCUT2D eigenvalue weighted by molar-refractivity contribution is 6.30. The quantitative estimate of drug-likeness (QED) is 0.418. The third-order valence-corrected chi connectivity index (χ3v) is 5.51. The van der Waals surface area contributed by atoms with Crippen LogP contribution < -0.4 is 5.32 Å². The number of H-pyrrole nitrogens is 1. The number of benzene rings is 2. The smallest absolute Gasteiger partial charge is 0.220 e. The molecule has 0 radical (unpaired) electrons. The lowest BCUT2D eigenvalue weighted by atomic mass is 9.95. The SMILES string of the molecule is O=C(C[C@H](Cn1cccc1)c1ccc(Cl)cc1)NCCc1c[nH]c2ccccc12. The summed E-state index contributed by atoms with van der Waals surface area (Å²) in [6.45, 7) is 1.38. The predicted octanol–water partition coefficient (Wildman–Crippen LogP) is 5.16. The van der Waals surface area contributed by atoms with Gasteiger partial charge in [-0.1, -0.05) is 41.9 Å². The summed E-state index contributed by atoms with van der Waals surface area (Å²) in [5.41, 5.74) is 3.47. The summed E-state index contributed by atoms with van der Waals surface area (Å²) in [5, 5.41) is 5.01. The van der Waals surface area contributed by atoms with Gasteiger partial charge in [-0.2, -0.15) is 0 Å². The Morgan fingerprint density at radius 2 is 1.79 bits per heavy atom. The van der Waals surface area contributed by atoms with E-state index in [1.807, 2.05) is 67.1 Å². The molecule has 2 heterocycles. The first kappa shape index (κ1) is 19.3. The summed E-state index contributed by atoms with van der Waals surface area (Å²) >= 11 is 6.04. The van der Waals surface area contributed by atoms with Gasteiger partial charge in [0.25, 0.3) is 0 Å². The van der Waals surface area contributed by atoms with Gasteiger partial charge >= 0.3 is 0 Å². The lowest BCUT2D eigenvalue weighted by molar-refractivity contribution is -0.121. The molecule has 1 atom stereocenters. The molecule has 0 saturated carbocycles. The van der Waals surface area contributed by atoms with Crippen LogP contribution in [0.3, 0.4) is 0 Å². The van der Waals surface area contributed by atoms with Crippen molar-refractivity contribution in [3.63, 3.8) is 0 Å². The Labute approximate surface area is 175 Å². The Kier molecular flexibility index (Phi) is 6.01. The Morgan fingerprint density at radius 3 is 2.59 bits per heavy atom. The molecule has 1 amide bonds. The van der Waals surface area contributed by atoms with E-state index in [0.717, 1.165) is 24.0 Å². The lowest BCUT2D eigenvalue weighted by Gasteiger charge is -2.18. The number of rotatable bonds is 8. The number of hydrogen-bond donors (Lipinski definition) is 2. The second-order valence-electron chi connectivity index (χ2n) is 7.29. The molecule has 2 N–H and O–H groups in total. The highest BCUT2D eigenvalue weighted by Gasteiger charge is 2.17.